The van der Waals surface area contributed by atoms with Crippen LogP contribution in [0.4, 0.5) is 0 Å². The van der Waals surface area contributed by atoms with Crippen LogP contribution in [0.25, 0.3) is 44.8 Å². The molecule has 12 heteroatoms. The van der Waals surface area contributed by atoms with Gasteiger partial charge in [0.15, 0.2) is 0 Å². The molecule has 0 radical (unpaired) electrons. The summed E-state index contributed by atoms with van der Waals surface area (Å²) >= 11 is 0. The Bertz CT molecular complexity index is 1730. The van der Waals surface area contributed by atoms with E-state index >= 15 is 0 Å². The van der Waals surface area contributed by atoms with Crippen LogP contribution in [0.1, 0.15) is 115 Å². The SMILES string of the molecule is CC(C)n1nnc2cc(-c3noc(C4CCCC4)n3)ccc21.CC(C)n1nnc2cc(-c3noc(C4CCCC4)n3)ccc21. The highest BCUT2D eigenvalue weighted by Gasteiger charge is 2.25. The second-order valence-electron chi connectivity index (χ2n) is 12.5. The van der Waals surface area contributed by atoms with Crippen LogP contribution in [0.3, 0.4) is 0 Å². The van der Waals surface area contributed by atoms with Crippen LogP contribution in [0.5, 0.6) is 0 Å². The zero-order valence-electron chi connectivity index (χ0n) is 25.7. The first-order chi connectivity index (χ1) is 21.4. The van der Waals surface area contributed by atoms with Crippen molar-refractivity contribution in [3.63, 3.8) is 0 Å². The van der Waals surface area contributed by atoms with E-state index < -0.39 is 0 Å². The summed E-state index contributed by atoms with van der Waals surface area (Å²) in [5.41, 5.74) is 5.63. The van der Waals surface area contributed by atoms with Crippen molar-refractivity contribution in [2.75, 3.05) is 0 Å². The molecule has 8 rings (SSSR count). The number of aromatic nitrogens is 10. The van der Waals surface area contributed by atoms with E-state index in [1.807, 2.05) is 45.8 Å². The molecule has 0 N–H and O–H groups in total. The van der Waals surface area contributed by atoms with Gasteiger partial charge in [0.05, 0.1) is 11.0 Å². The zero-order valence-corrected chi connectivity index (χ0v) is 25.7. The summed E-state index contributed by atoms with van der Waals surface area (Å²) in [5.74, 6) is 3.71. The molecular weight excluding hydrogens is 556 g/mol. The third kappa shape index (κ3) is 5.48. The molecule has 2 aliphatic carbocycles. The molecule has 0 atom stereocenters. The van der Waals surface area contributed by atoms with E-state index in [1.54, 1.807) is 0 Å². The van der Waals surface area contributed by atoms with Crippen molar-refractivity contribution in [1.29, 1.82) is 0 Å². The molecule has 0 amide bonds. The molecule has 12 nitrogen and oxygen atoms in total. The van der Waals surface area contributed by atoms with Gasteiger partial charge >= 0.3 is 0 Å². The lowest BCUT2D eigenvalue weighted by molar-refractivity contribution is 0.354. The van der Waals surface area contributed by atoms with Crippen LogP contribution in [0, 0.1) is 0 Å². The third-order valence-electron chi connectivity index (χ3n) is 8.73. The second-order valence-corrected chi connectivity index (χ2v) is 12.5. The van der Waals surface area contributed by atoms with Gasteiger partial charge in [-0.3, -0.25) is 0 Å². The maximum Gasteiger partial charge on any atom is 0.230 e. The fourth-order valence-electron chi connectivity index (χ4n) is 6.31. The van der Waals surface area contributed by atoms with Gasteiger partial charge in [-0.25, -0.2) is 9.36 Å². The van der Waals surface area contributed by atoms with Gasteiger partial charge in [-0.2, -0.15) is 9.97 Å². The van der Waals surface area contributed by atoms with Gasteiger partial charge in [-0.05, 0) is 89.8 Å². The first-order valence-corrected chi connectivity index (χ1v) is 15.8. The van der Waals surface area contributed by atoms with Gasteiger partial charge < -0.3 is 9.05 Å². The largest absolute Gasteiger partial charge is 0.339 e. The van der Waals surface area contributed by atoms with Gasteiger partial charge in [-0.15, -0.1) is 10.2 Å². The Balaban J connectivity index is 0.000000142. The average Bonchev–Trinajstić information content (AvgIpc) is 3.88. The Kier molecular flexibility index (Phi) is 7.65. The number of benzene rings is 2. The molecule has 0 bridgehead atoms. The molecule has 0 aliphatic heterocycles. The number of rotatable bonds is 6. The van der Waals surface area contributed by atoms with E-state index in [0.29, 0.717) is 23.5 Å². The summed E-state index contributed by atoms with van der Waals surface area (Å²) in [6.45, 7) is 8.37. The third-order valence-corrected chi connectivity index (χ3v) is 8.73. The lowest BCUT2D eigenvalue weighted by Crippen LogP contribution is -2.02. The Labute approximate surface area is 255 Å². The van der Waals surface area contributed by atoms with Gasteiger partial charge in [0.2, 0.25) is 23.4 Å². The first-order valence-electron chi connectivity index (χ1n) is 15.8. The minimum Gasteiger partial charge on any atom is -0.339 e. The Morgan fingerprint density at radius 2 is 1.02 bits per heavy atom. The molecule has 2 aromatic carbocycles. The summed E-state index contributed by atoms with van der Waals surface area (Å²) in [4.78, 5) is 9.16. The molecule has 2 fully saturated rings. The van der Waals surface area contributed by atoms with E-state index in [1.165, 1.54) is 25.7 Å². The molecule has 0 unspecified atom stereocenters. The first kappa shape index (κ1) is 28.3. The number of fused-ring (bicyclic) bond motifs is 2. The lowest BCUT2D eigenvalue weighted by Gasteiger charge is -2.04. The topological polar surface area (TPSA) is 139 Å². The summed E-state index contributed by atoms with van der Waals surface area (Å²) in [7, 11) is 0. The number of hydrogen-bond donors (Lipinski definition) is 0. The van der Waals surface area contributed by atoms with Crippen molar-refractivity contribution in [2.24, 2.45) is 0 Å². The monoisotopic (exact) mass is 594 g/mol. The van der Waals surface area contributed by atoms with Gasteiger partial charge in [0.1, 0.15) is 11.0 Å². The molecule has 4 aromatic heterocycles. The quantitative estimate of drug-likeness (QED) is 0.191. The standard InChI is InChI=1S/2C16H19N5O/c2*1-10(2)21-14-8-7-12(9-13(14)18-20-21)15-17-16(22-19-15)11-5-3-4-6-11/h2*7-11H,3-6H2,1-2H3. The van der Waals surface area contributed by atoms with Crippen LogP contribution >= 0.6 is 0 Å². The Morgan fingerprint density at radius 3 is 1.41 bits per heavy atom. The summed E-state index contributed by atoms with van der Waals surface area (Å²) in [6, 6.07) is 12.6. The van der Waals surface area contributed by atoms with E-state index in [-0.39, 0.29) is 12.1 Å². The van der Waals surface area contributed by atoms with Crippen molar-refractivity contribution < 1.29 is 9.05 Å². The van der Waals surface area contributed by atoms with Crippen molar-refractivity contribution in [3.8, 4) is 22.8 Å². The maximum absolute atomic E-state index is 5.46. The highest BCUT2D eigenvalue weighted by atomic mass is 16.5. The summed E-state index contributed by atoms with van der Waals surface area (Å²) in [6.07, 6.45) is 9.65. The molecule has 228 valence electrons. The Morgan fingerprint density at radius 1 is 0.614 bits per heavy atom. The molecule has 0 saturated heterocycles. The fraction of sp³-hybridized carbons (Fsp3) is 0.500. The number of hydrogen-bond acceptors (Lipinski definition) is 10. The maximum atomic E-state index is 5.46. The smallest absolute Gasteiger partial charge is 0.230 e. The normalized spacial score (nSPS) is 16.1. The molecule has 2 aliphatic rings. The van der Waals surface area contributed by atoms with E-state index in [9.17, 15) is 0 Å². The molecule has 2 saturated carbocycles. The minimum atomic E-state index is 0.287. The average molecular weight is 595 g/mol. The van der Waals surface area contributed by atoms with E-state index in [4.69, 9.17) is 9.05 Å². The summed E-state index contributed by atoms with van der Waals surface area (Å²) < 4.78 is 14.7. The predicted molar refractivity (Wildman–Crippen MR) is 165 cm³/mol. The summed E-state index contributed by atoms with van der Waals surface area (Å²) in [5, 5.41) is 25.2. The molecule has 4 heterocycles. The highest BCUT2D eigenvalue weighted by Crippen LogP contribution is 2.35. The van der Waals surface area contributed by atoms with Crippen molar-refractivity contribution >= 4 is 22.1 Å². The molecule has 6 aromatic rings. The van der Waals surface area contributed by atoms with Crippen molar-refractivity contribution in [2.45, 2.75) is 103 Å². The Hall–Kier alpha value is -4.48. The van der Waals surface area contributed by atoms with Crippen LogP contribution in [-0.4, -0.2) is 50.3 Å². The van der Waals surface area contributed by atoms with E-state index in [2.05, 4.69) is 68.6 Å². The van der Waals surface area contributed by atoms with Crippen molar-refractivity contribution in [3.05, 3.63) is 48.2 Å². The van der Waals surface area contributed by atoms with Crippen LogP contribution < -0.4 is 0 Å². The molecule has 0 spiro atoms. The molecular formula is C32H38N10O2. The fourth-order valence-corrected chi connectivity index (χ4v) is 6.31. The predicted octanol–water partition coefficient (Wildman–Crippen LogP) is 7.44. The van der Waals surface area contributed by atoms with Crippen molar-refractivity contribution in [1.82, 2.24) is 50.3 Å². The number of nitrogens with zero attached hydrogens (tertiary/aromatic N) is 10. The van der Waals surface area contributed by atoms with Crippen LogP contribution in [0.15, 0.2) is 45.4 Å². The molecule has 44 heavy (non-hydrogen) atoms. The highest BCUT2D eigenvalue weighted by molar-refractivity contribution is 5.80. The van der Waals surface area contributed by atoms with Gasteiger partial charge in [-0.1, -0.05) is 46.4 Å². The van der Waals surface area contributed by atoms with Gasteiger partial charge in [0, 0.05) is 35.0 Å². The van der Waals surface area contributed by atoms with Crippen LogP contribution in [-0.2, 0) is 0 Å². The minimum absolute atomic E-state index is 0.287. The van der Waals surface area contributed by atoms with Crippen LogP contribution in [0.2, 0.25) is 0 Å². The lowest BCUT2D eigenvalue weighted by atomic mass is 10.1. The van der Waals surface area contributed by atoms with E-state index in [0.717, 1.165) is 70.7 Å². The van der Waals surface area contributed by atoms with Gasteiger partial charge in [0.25, 0.3) is 0 Å². The zero-order chi connectivity index (χ0) is 30.2. The second kappa shape index (κ2) is 11.9.